The number of thiazole rings is 1. The topological polar surface area (TPSA) is 45.2 Å². The highest BCUT2D eigenvalue weighted by molar-refractivity contribution is 7.18. The van der Waals surface area contributed by atoms with Gasteiger partial charge in [0.1, 0.15) is 5.52 Å². The van der Waals surface area contributed by atoms with E-state index < -0.39 is 0 Å². The van der Waals surface area contributed by atoms with Crippen molar-refractivity contribution in [2.24, 2.45) is 0 Å². The molecule has 1 saturated carbocycles. The fraction of sp³-hybridized carbons (Fsp3) is 0.579. The summed E-state index contributed by atoms with van der Waals surface area (Å²) >= 11 is 8.15. The normalized spacial score (nSPS) is 20.4. The maximum Gasteiger partial charge on any atom is 0.251 e. The SMILES string of the molecule is CN1CCC(c2nc3c(Cl)cc(C(=O)NC4CCCC4)cc3s2)CC1. The van der Waals surface area contributed by atoms with Gasteiger partial charge >= 0.3 is 0 Å². The van der Waals surface area contributed by atoms with Crippen LogP contribution in [0.4, 0.5) is 0 Å². The lowest BCUT2D eigenvalue weighted by molar-refractivity contribution is 0.0938. The van der Waals surface area contributed by atoms with E-state index in [2.05, 4.69) is 17.3 Å². The van der Waals surface area contributed by atoms with Gasteiger partial charge in [0.15, 0.2) is 0 Å². The number of hydrogen-bond donors (Lipinski definition) is 1. The van der Waals surface area contributed by atoms with Crippen LogP contribution in [0.25, 0.3) is 10.2 Å². The van der Waals surface area contributed by atoms with Crippen molar-refractivity contribution in [1.29, 1.82) is 0 Å². The lowest BCUT2D eigenvalue weighted by Crippen LogP contribution is -2.32. The molecule has 25 heavy (non-hydrogen) atoms. The van der Waals surface area contributed by atoms with Crippen LogP contribution in [-0.4, -0.2) is 42.0 Å². The molecule has 0 atom stereocenters. The number of piperidine rings is 1. The van der Waals surface area contributed by atoms with Crippen LogP contribution in [0.3, 0.4) is 0 Å². The number of hydrogen-bond acceptors (Lipinski definition) is 4. The van der Waals surface area contributed by atoms with E-state index >= 15 is 0 Å². The summed E-state index contributed by atoms with van der Waals surface area (Å²) in [4.78, 5) is 19.7. The second kappa shape index (κ2) is 7.22. The first-order valence-corrected chi connectivity index (χ1v) is 10.4. The number of benzene rings is 1. The summed E-state index contributed by atoms with van der Waals surface area (Å²) < 4.78 is 1.03. The number of nitrogens with one attached hydrogen (secondary N) is 1. The highest BCUT2D eigenvalue weighted by Gasteiger charge is 2.23. The molecule has 2 aromatic rings. The van der Waals surface area contributed by atoms with E-state index in [1.807, 2.05) is 6.07 Å². The van der Waals surface area contributed by atoms with Crippen molar-refractivity contribution in [3.05, 3.63) is 27.7 Å². The summed E-state index contributed by atoms with van der Waals surface area (Å²) in [7, 11) is 2.17. The van der Waals surface area contributed by atoms with E-state index in [9.17, 15) is 4.79 Å². The molecule has 0 bridgehead atoms. The molecule has 1 amide bonds. The molecular formula is C19H24ClN3OS. The van der Waals surface area contributed by atoms with Crippen LogP contribution in [0.1, 0.15) is 59.8 Å². The molecule has 2 aliphatic rings. The van der Waals surface area contributed by atoms with Crippen molar-refractivity contribution in [2.75, 3.05) is 20.1 Å². The standard InChI is InChI=1S/C19H24ClN3OS/c1-23-8-6-12(7-9-23)19-22-17-15(20)10-13(11-16(17)25-19)18(24)21-14-4-2-3-5-14/h10-12,14H,2-9H2,1H3,(H,21,24). The third kappa shape index (κ3) is 3.69. The van der Waals surface area contributed by atoms with Crippen LogP contribution in [0, 0.1) is 0 Å². The molecule has 0 spiro atoms. The summed E-state index contributed by atoms with van der Waals surface area (Å²) in [6.07, 6.45) is 6.87. The van der Waals surface area contributed by atoms with Crippen LogP contribution >= 0.6 is 22.9 Å². The van der Waals surface area contributed by atoms with Gasteiger partial charge in [0, 0.05) is 17.5 Å². The van der Waals surface area contributed by atoms with Crippen LogP contribution < -0.4 is 5.32 Å². The van der Waals surface area contributed by atoms with Gasteiger partial charge in [-0.25, -0.2) is 4.98 Å². The third-order valence-corrected chi connectivity index (χ3v) is 6.94. The molecule has 0 unspecified atom stereocenters. The fourth-order valence-electron chi connectivity index (χ4n) is 3.91. The Morgan fingerprint density at radius 1 is 1.24 bits per heavy atom. The molecule has 1 aliphatic carbocycles. The first-order valence-electron chi connectivity index (χ1n) is 9.19. The van der Waals surface area contributed by atoms with Gasteiger partial charge in [0.25, 0.3) is 5.91 Å². The average molecular weight is 378 g/mol. The molecule has 4 nitrogen and oxygen atoms in total. The molecule has 1 saturated heterocycles. The summed E-state index contributed by atoms with van der Waals surface area (Å²) in [6, 6.07) is 4.05. The Morgan fingerprint density at radius 3 is 2.68 bits per heavy atom. The monoisotopic (exact) mass is 377 g/mol. The number of likely N-dealkylation sites (tertiary alicyclic amines) is 1. The van der Waals surface area contributed by atoms with E-state index in [1.165, 1.54) is 17.8 Å². The highest BCUT2D eigenvalue weighted by atomic mass is 35.5. The number of fused-ring (bicyclic) bond motifs is 1. The summed E-state index contributed by atoms with van der Waals surface area (Å²) in [5.74, 6) is 0.505. The molecule has 1 aromatic heterocycles. The van der Waals surface area contributed by atoms with Gasteiger partial charge < -0.3 is 10.2 Å². The Bertz CT molecular complexity index is 776. The Labute approximate surface area is 157 Å². The smallest absolute Gasteiger partial charge is 0.251 e. The first-order chi connectivity index (χ1) is 12.1. The Kier molecular flexibility index (Phi) is 4.98. The van der Waals surface area contributed by atoms with Crippen LogP contribution in [-0.2, 0) is 0 Å². The molecule has 6 heteroatoms. The molecule has 1 aromatic carbocycles. The Balaban J connectivity index is 1.57. The molecule has 0 radical (unpaired) electrons. The maximum atomic E-state index is 12.6. The molecule has 2 heterocycles. The zero-order chi connectivity index (χ0) is 17.4. The average Bonchev–Trinajstić information content (AvgIpc) is 3.25. The maximum absolute atomic E-state index is 12.6. The highest BCUT2D eigenvalue weighted by Crippen LogP contribution is 2.36. The second-order valence-electron chi connectivity index (χ2n) is 7.39. The minimum absolute atomic E-state index is 0.00931. The number of amides is 1. The molecule has 134 valence electrons. The van der Waals surface area contributed by atoms with Crippen molar-refractivity contribution in [3.8, 4) is 0 Å². The van der Waals surface area contributed by atoms with E-state index in [4.69, 9.17) is 16.6 Å². The zero-order valence-corrected chi connectivity index (χ0v) is 16.1. The largest absolute Gasteiger partial charge is 0.349 e. The van der Waals surface area contributed by atoms with Gasteiger partial charge in [-0.3, -0.25) is 4.79 Å². The fourth-order valence-corrected chi connectivity index (χ4v) is 5.43. The van der Waals surface area contributed by atoms with Crippen molar-refractivity contribution in [1.82, 2.24) is 15.2 Å². The Morgan fingerprint density at radius 2 is 1.96 bits per heavy atom. The molecule has 1 N–H and O–H groups in total. The van der Waals surface area contributed by atoms with E-state index in [0.29, 0.717) is 22.5 Å². The number of rotatable bonds is 3. The van der Waals surface area contributed by atoms with Gasteiger partial charge in [-0.1, -0.05) is 24.4 Å². The number of carbonyl (C=O) groups excluding carboxylic acids is 1. The summed E-state index contributed by atoms with van der Waals surface area (Å²) in [5, 5.41) is 4.90. The number of carbonyl (C=O) groups is 1. The van der Waals surface area contributed by atoms with Crippen molar-refractivity contribution >= 4 is 39.1 Å². The minimum atomic E-state index is -0.00931. The Hall–Kier alpha value is -1.17. The van der Waals surface area contributed by atoms with Crippen molar-refractivity contribution in [3.63, 3.8) is 0 Å². The van der Waals surface area contributed by atoms with Gasteiger partial charge in [-0.05, 0) is 58.0 Å². The zero-order valence-electron chi connectivity index (χ0n) is 14.6. The lowest BCUT2D eigenvalue weighted by Gasteiger charge is -2.27. The van der Waals surface area contributed by atoms with Gasteiger partial charge in [-0.2, -0.15) is 0 Å². The van der Waals surface area contributed by atoms with E-state index in [0.717, 1.165) is 49.0 Å². The van der Waals surface area contributed by atoms with Crippen LogP contribution in [0.15, 0.2) is 12.1 Å². The predicted molar refractivity (Wildman–Crippen MR) is 104 cm³/mol. The summed E-state index contributed by atoms with van der Waals surface area (Å²) in [6.45, 7) is 2.23. The molecular weight excluding hydrogens is 354 g/mol. The molecule has 2 fully saturated rings. The van der Waals surface area contributed by atoms with Crippen LogP contribution in [0.5, 0.6) is 0 Å². The van der Waals surface area contributed by atoms with E-state index in [-0.39, 0.29) is 5.91 Å². The number of aromatic nitrogens is 1. The second-order valence-corrected chi connectivity index (χ2v) is 8.86. The van der Waals surface area contributed by atoms with Gasteiger partial charge in [0.05, 0.1) is 14.7 Å². The van der Waals surface area contributed by atoms with Crippen molar-refractivity contribution in [2.45, 2.75) is 50.5 Å². The van der Waals surface area contributed by atoms with E-state index in [1.54, 1.807) is 17.4 Å². The summed E-state index contributed by atoms with van der Waals surface area (Å²) in [5.41, 5.74) is 1.50. The third-order valence-electron chi connectivity index (χ3n) is 5.49. The molecule has 4 rings (SSSR count). The van der Waals surface area contributed by atoms with Crippen LogP contribution in [0.2, 0.25) is 5.02 Å². The minimum Gasteiger partial charge on any atom is -0.349 e. The van der Waals surface area contributed by atoms with Crippen molar-refractivity contribution < 1.29 is 4.79 Å². The van der Waals surface area contributed by atoms with Gasteiger partial charge in [-0.15, -0.1) is 11.3 Å². The first kappa shape index (κ1) is 17.3. The van der Waals surface area contributed by atoms with Gasteiger partial charge in [0.2, 0.25) is 0 Å². The number of nitrogens with zero attached hydrogens (tertiary/aromatic N) is 2. The quantitative estimate of drug-likeness (QED) is 0.860. The predicted octanol–water partition coefficient (Wildman–Crippen LogP) is 4.43. The number of halogens is 1. The lowest BCUT2D eigenvalue weighted by atomic mass is 9.98. The molecule has 1 aliphatic heterocycles.